The molecule has 99 valence electrons. The summed E-state index contributed by atoms with van der Waals surface area (Å²) in [4.78, 5) is 0. The van der Waals surface area contributed by atoms with E-state index in [0.29, 0.717) is 18.8 Å². The average Bonchev–Trinajstić information content (AvgIpc) is 1.41. The van der Waals surface area contributed by atoms with E-state index >= 15 is 0 Å². The second kappa shape index (κ2) is 9.31. The van der Waals surface area contributed by atoms with Crippen molar-refractivity contribution in [1.29, 1.82) is 0 Å². The quantitative estimate of drug-likeness (QED) is 0.432. The van der Waals surface area contributed by atoms with Gasteiger partial charge in [-0.3, -0.25) is 0 Å². The molecule has 0 aliphatic carbocycles. The third-order valence-electron chi connectivity index (χ3n) is 0. The molecule has 0 aromatic carbocycles. The molecule has 13 heteroatoms. The molecule has 16 heavy (non-hydrogen) atoms. The van der Waals surface area contributed by atoms with Gasteiger partial charge < -0.3 is 13.7 Å². The first kappa shape index (κ1) is 25.2. The minimum atomic E-state index is -3.92. The third-order valence-corrected chi connectivity index (χ3v) is 0. The second-order valence-corrected chi connectivity index (χ2v) is 6.34. The Kier molecular flexibility index (Phi) is 14.7. The van der Waals surface area contributed by atoms with E-state index in [1.165, 1.54) is 0 Å². The van der Waals surface area contributed by atoms with Crippen molar-refractivity contribution in [2.24, 2.45) is 0 Å². The fourth-order valence-corrected chi connectivity index (χ4v) is 0. The van der Waals surface area contributed by atoms with Crippen molar-refractivity contribution in [3.8, 4) is 0 Å². The molecule has 0 heterocycles. The topological polar surface area (TPSA) is 172 Å². The molecule has 0 spiro atoms. The van der Waals surface area contributed by atoms with E-state index in [2.05, 4.69) is 0 Å². The zero-order valence-electron chi connectivity index (χ0n) is 8.31. The Hall–Kier alpha value is 0.262. The largest absolute Gasteiger partial charge is 3.00 e. The Balaban J connectivity index is -0.0000000655. The minimum Gasteiger partial charge on any atom is -0.748 e. The van der Waals surface area contributed by atoms with E-state index < -0.39 is 30.4 Å². The van der Waals surface area contributed by atoms with E-state index in [4.69, 9.17) is 38.9 Å². The van der Waals surface area contributed by atoms with Crippen molar-refractivity contribution in [2.75, 3.05) is 18.8 Å². The van der Waals surface area contributed by atoms with Gasteiger partial charge >= 0.3 is 17.4 Å². The molecular formula is C3H9CrO9S3. The van der Waals surface area contributed by atoms with E-state index in [0.717, 1.165) is 0 Å². The summed E-state index contributed by atoms with van der Waals surface area (Å²) < 4.78 is 81.7. The van der Waals surface area contributed by atoms with Gasteiger partial charge in [0.1, 0.15) is 0 Å². The summed E-state index contributed by atoms with van der Waals surface area (Å²) >= 11 is 0. The van der Waals surface area contributed by atoms with Crippen molar-refractivity contribution in [3.05, 3.63) is 0 Å². The van der Waals surface area contributed by atoms with Crippen LogP contribution in [-0.2, 0) is 47.7 Å². The molecule has 0 aliphatic heterocycles. The van der Waals surface area contributed by atoms with Gasteiger partial charge in [-0.25, -0.2) is 25.3 Å². The molecular weight excluding hydrogens is 328 g/mol. The van der Waals surface area contributed by atoms with Crippen molar-refractivity contribution in [2.45, 2.75) is 0 Å². The summed E-state index contributed by atoms with van der Waals surface area (Å²) in [6.45, 7) is 0. The Labute approximate surface area is 105 Å². The van der Waals surface area contributed by atoms with Crippen LogP contribution in [0, 0.1) is 0 Å². The summed E-state index contributed by atoms with van der Waals surface area (Å²) in [5.41, 5.74) is 0. The second-order valence-electron chi connectivity index (χ2n) is 2.11. The Morgan fingerprint density at radius 1 is 0.562 bits per heavy atom. The minimum absolute atomic E-state index is 0. The van der Waals surface area contributed by atoms with E-state index in [-0.39, 0.29) is 17.4 Å². The molecule has 0 saturated carbocycles. The molecule has 0 atom stereocenters. The van der Waals surface area contributed by atoms with Crippen LogP contribution in [0.5, 0.6) is 0 Å². The van der Waals surface area contributed by atoms with Gasteiger partial charge in [0.2, 0.25) is 0 Å². The van der Waals surface area contributed by atoms with Gasteiger partial charge in [-0.05, 0) is 0 Å². The van der Waals surface area contributed by atoms with Crippen LogP contribution in [0.3, 0.4) is 0 Å². The van der Waals surface area contributed by atoms with Gasteiger partial charge in [0.25, 0.3) is 0 Å². The van der Waals surface area contributed by atoms with Crippen LogP contribution in [0.4, 0.5) is 0 Å². The smallest absolute Gasteiger partial charge is 0.748 e. The molecule has 0 amide bonds. The molecule has 0 aromatic rings. The van der Waals surface area contributed by atoms with Gasteiger partial charge in [-0.2, -0.15) is 0 Å². The summed E-state index contributed by atoms with van der Waals surface area (Å²) in [5, 5.41) is 0. The van der Waals surface area contributed by atoms with E-state index in [9.17, 15) is 0 Å². The number of hydrogen-bond donors (Lipinski definition) is 0. The molecule has 0 fully saturated rings. The molecule has 0 unspecified atom stereocenters. The normalized spacial score (nSPS) is 10.9. The SMILES string of the molecule is CS(=O)(=O)[O-].CS(=O)(=O)[O-].CS(=O)(=O)[O-].[Cr+3]. The first-order chi connectivity index (χ1) is 6.00. The summed E-state index contributed by atoms with van der Waals surface area (Å²) in [6, 6.07) is 0. The predicted molar refractivity (Wildman–Crippen MR) is 46.9 cm³/mol. The van der Waals surface area contributed by atoms with Gasteiger partial charge in [0.15, 0.2) is 0 Å². The molecule has 0 rings (SSSR count). The van der Waals surface area contributed by atoms with Crippen molar-refractivity contribution in [1.82, 2.24) is 0 Å². The monoisotopic (exact) mass is 337 g/mol. The van der Waals surface area contributed by atoms with Crippen LogP contribution >= 0.6 is 0 Å². The maximum Gasteiger partial charge on any atom is 3.00 e. The van der Waals surface area contributed by atoms with Gasteiger partial charge in [-0.1, -0.05) is 0 Å². The Morgan fingerprint density at radius 3 is 0.562 bits per heavy atom. The maximum atomic E-state index is 9.08. The van der Waals surface area contributed by atoms with Crippen molar-refractivity contribution in [3.63, 3.8) is 0 Å². The van der Waals surface area contributed by atoms with Gasteiger partial charge in [0.05, 0.1) is 30.4 Å². The average molecular weight is 337 g/mol. The third kappa shape index (κ3) is 36400. The van der Waals surface area contributed by atoms with Crippen LogP contribution in [0.25, 0.3) is 0 Å². The molecule has 9 nitrogen and oxygen atoms in total. The van der Waals surface area contributed by atoms with E-state index in [1.807, 2.05) is 0 Å². The molecule has 0 aromatic heterocycles. The summed E-state index contributed by atoms with van der Waals surface area (Å²) in [5.74, 6) is 0. The van der Waals surface area contributed by atoms with Crippen LogP contribution in [0.1, 0.15) is 0 Å². The van der Waals surface area contributed by atoms with Crippen LogP contribution in [0.2, 0.25) is 0 Å². The summed E-state index contributed by atoms with van der Waals surface area (Å²) in [6.07, 6.45) is 1.81. The fourth-order valence-electron chi connectivity index (χ4n) is 0. The molecule has 0 saturated heterocycles. The molecule has 0 aliphatic rings. The van der Waals surface area contributed by atoms with Crippen molar-refractivity contribution < 1.29 is 56.3 Å². The maximum absolute atomic E-state index is 9.08. The first-order valence-corrected chi connectivity index (χ1v) is 8.17. The zero-order chi connectivity index (χ0) is 13.5. The van der Waals surface area contributed by atoms with Crippen LogP contribution in [-0.4, -0.2) is 57.7 Å². The standard InChI is InChI=1S/3CH4O3S.Cr/c3*1-5(2,3)4;/h3*1H3,(H,2,3,4);/q;;;+3/p-3. The zero-order valence-corrected chi connectivity index (χ0v) is 12.0. The predicted octanol–water partition coefficient (Wildman–Crippen LogP) is -2.52. The van der Waals surface area contributed by atoms with Crippen LogP contribution in [0.15, 0.2) is 0 Å². The van der Waals surface area contributed by atoms with Crippen LogP contribution < -0.4 is 0 Å². The van der Waals surface area contributed by atoms with Gasteiger partial charge in [0, 0.05) is 18.8 Å². The molecule has 1 radical (unpaired) electrons. The van der Waals surface area contributed by atoms with E-state index in [1.54, 1.807) is 0 Å². The number of hydrogen-bond acceptors (Lipinski definition) is 9. The fraction of sp³-hybridized carbons (Fsp3) is 1.00. The Morgan fingerprint density at radius 2 is 0.562 bits per heavy atom. The summed E-state index contributed by atoms with van der Waals surface area (Å²) in [7, 11) is -11.8. The Bertz CT molecular complexity index is 347. The first-order valence-electron chi connectivity index (χ1n) is 2.72. The molecule has 0 bridgehead atoms. The van der Waals surface area contributed by atoms with Crippen molar-refractivity contribution >= 4 is 30.4 Å². The van der Waals surface area contributed by atoms with Gasteiger partial charge in [-0.15, -0.1) is 0 Å². The molecule has 0 N–H and O–H groups in total. The number of rotatable bonds is 0.